The molecular weight excluding hydrogens is 570 g/mol. The van der Waals surface area contributed by atoms with Gasteiger partial charge in [0.25, 0.3) is 0 Å². The zero-order valence-electron chi connectivity index (χ0n) is 27.8. The molecular formula is C35H47N5O5. The minimum atomic E-state index is -1.07. The smallest absolute Gasteiger partial charge is 0.315 e. The second-order valence-electron chi connectivity index (χ2n) is 13.4. The van der Waals surface area contributed by atoms with Crippen LogP contribution < -0.4 is 21.3 Å². The molecule has 0 amide bonds. The summed E-state index contributed by atoms with van der Waals surface area (Å²) in [5, 5.41) is 1.48. The number of carbonyl (C=O) groups excluding carboxylic acids is 2. The number of ether oxygens (including phenoxy) is 3. The van der Waals surface area contributed by atoms with Crippen LogP contribution in [0.15, 0.2) is 48.8 Å². The molecule has 3 aromatic rings. The van der Waals surface area contributed by atoms with Crippen LogP contribution in [0.2, 0.25) is 0 Å². The highest BCUT2D eigenvalue weighted by molar-refractivity contribution is 5.80. The molecule has 0 bridgehead atoms. The largest absolute Gasteiger partial charge is 0.492 e. The van der Waals surface area contributed by atoms with Crippen LogP contribution in [-0.4, -0.2) is 48.8 Å². The van der Waals surface area contributed by atoms with Gasteiger partial charge >= 0.3 is 11.9 Å². The average molecular weight is 618 g/mol. The zero-order valence-corrected chi connectivity index (χ0v) is 27.8. The number of hydrogen-bond acceptors (Lipinski definition) is 10. The molecule has 1 atom stereocenters. The third-order valence-electron chi connectivity index (χ3n) is 8.48. The average Bonchev–Trinajstić information content (AvgIpc) is 3.18. The van der Waals surface area contributed by atoms with E-state index in [1.807, 2.05) is 45.2 Å². The van der Waals surface area contributed by atoms with Gasteiger partial charge in [-0.15, -0.1) is 0 Å². The third-order valence-corrected chi connectivity index (χ3v) is 8.48. The zero-order chi connectivity index (χ0) is 33.1. The highest BCUT2D eigenvalue weighted by Gasteiger charge is 2.42. The highest BCUT2D eigenvalue weighted by Crippen LogP contribution is 2.45. The number of anilines is 2. The number of hydrazine groups is 1. The minimum absolute atomic E-state index is 0.445. The normalized spacial score (nSPS) is 14.5. The number of aryl methyl sites for hydroxylation is 1. The van der Waals surface area contributed by atoms with Crippen molar-refractivity contribution in [2.24, 2.45) is 16.7 Å². The maximum absolute atomic E-state index is 13.8. The molecule has 0 aliphatic carbocycles. The first-order chi connectivity index (χ1) is 21.1. The molecule has 1 aromatic heterocycles. The van der Waals surface area contributed by atoms with E-state index in [9.17, 15) is 9.59 Å². The summed E-state index contributed by atoms with van der Waals surface area (Å²) in [6, 6.07) is 12.1. The Morgan fingerprint density at radius 3 is 2.47 bits per heavy atom. The van der Waals surface area contributed by atoms with E-state index in [0.717, 1.165) is 45.7 Å². The Morgan fingerprint density at radius 1 is 1.07 bits per heavy atom. The van der Waals surface area contributed by atoms with Gasteiger partial charge in [-0.2, -0.15) is 0 Å². The van der Waals surface area contributed by atoms with Crippen LogP contribution in [0.25, 0.3) is 0 Å². The lowest BCUT2D eigenvalue weighted by molar-refractivity contribution is -0.178. The van der Waals surface area contributed by atoms with Gasteiger partial charge in [-0.1, -0.05) is 24.3 Å². The van der Waals surface area contributed by atoms with Crippen LogP contribution in [0, 0.1) is 24.7 Å². The summed E-state index contributed by atoms with van der Waals surface area (Å²) in [4.78, 5) is 32.7. The SMILES string of the molecule is Cc1ccc(C(c2ccc(N(C)N)c(N)c2C)C(C)(C)C(=O)OCOC(=O)C(C)(C)C)cc1CN1CCOc2ccncc2C1. The molecule has 2 aromatic carbocycles. The molecule has 10 heteroatoms. The molecule has 10 nitrogen and oxygen atoms in total. The maximum Gasteiger partial charge on any atom is 0.315 e. The number of hydrogen-bond donors (Lipinski definition) is 2. The fourth-order valence-electron chi connectivity index (χ4n) is 5.69. The molecule has 1 aliphatic heterocycles. The van der Waals surface area contributed by atoms with Gasteiger partial charge in [0.2, 0.25) is 6.79 Å². The van der Waals surface area contributed by atoms with Gasteiger partial charge in [-0.3, -0.25) is 19.5 Å². The Morgan fingerprint density at radius 2 is 1.78 bits per heavy atom. The minimum Gasteiger partial charge on any atom is -0.492 e. The molecule has 0 spiro atoms. The second-order valence-corrected chi connectivity index (χ2v) is 13.4. The van der Waals surface area contributed by atoms with E-state index >= 15 is 0 Å². The van der Waals surface area contributed by atoms with Crippen LogP contribution in [0.1, 0.15) is 73.9 Å². The lowest BCUT2D eigenvalue weighted by Gasteiger charge is -2.35. The van der Waals surface area contributed by atoms with Crippen molar-refractivity contribution in [2.45, 2.75) is 67.5 Å². The molecule has 0 fully saturated rings. The van der Waals surface area contributed by atoms with Crippen LogP contribution in [0.5, 0.6) is 5.75 Å². The van der Waals surface area contributed by atoms with Gasteiger partial charge < -0.3 is 25.0 Å². The number of fused-ring (bicyclic) bond motifs is 1. The van der Waals surface area contributed by atoms with E-state index in [0.29, 0.717) is 31.1 Å². The number of carbonyl (C=O) groups is 2. The molecule has 1 unspecified atom stereocenters. The number of pyridine rings is 1. The molecule has 242 valence electrons. The van der Waals surface area contributed by atoms with Gasteiger partial charge in [0.1, 0.15) is 12.4 Å². The van der Waals surface area contributed by atoms with Gasteiger partial charge in [0.15, 0.2) is 0 Å². The van der Waals surface area contributed by atoms with E-state index in [2.05, 4.69) is 35.0 Å². The Hall–Kier alpha value is -4.15. The predicted octanol–water partition coefficient (Wildman–Crippen LogP) is 5.23. The summed E-state index contributed by atoms with van der Waals surface area (Å²) in [5.41, 5.74) is 12.0. The van der Waals surface area contributed by atoms with E-state index < -0.39 is 35.5 Å². The summed E-state index contributed by atoms with van der Waals surface area (Å²) < 4.78 is 16.8. The quantitative estimate of drug-likeness (QED) is 0.108. The highest BCUT2D eigenvalue weighted by atomic mass is 16.7. The van der Waals surface area contributed by atoms with Gasteiger partial charge in [-0.05, 0) is 88.4 Å². The van der Waals surface area contributed by atoms with Crippen molar-refractivity contribution >= 4 is 23.3 Å². The van der Waals surface area contributed by atoms with Crippen molar-refractivity contribution in [3.05, 3.63) is 82.2 Å². The number of benzene rings is 2. The van der Waals surface area contributed by atoms with Crippen molar-refractivity contribution in [1.82, 2.24) is 9.88 Å². The first-order valence-electron chi connectivity index (χ1n) is 15.2. The molecule has 4 rings (SSSR count). The number of esters is 2. The first-order valence-corrected chi connectivity index (χ1v) is 15.2. The fourth-order valence-corrected chi connectivity index (χ4v) is 5.69. The number of nitrogens with zero attached hydrogens (tertiary/aromatic N) is 3. The summed E-state index contributed by atoms with van der Waals surface area (Å²) in [5.74, 6) is 5.53. The predicted molar refractivity (Wildman–Crippen MR) is 175 cm³/mol. The summed E-state index contributed by atoms with van der Waals surface area (Å²) in [7, 11) is 1.73. The lowest BCUT2D eigenvalue weighted by atomic mass is 9.69. The van der Waals surface area contributed by atoms with Crippen LogP contribution in [0.3, 0.4) is 0 Å². The van der Waals surface area contributed by atoms with Crippen LogP contribution in [-0.2, 0) is 32.2 Å². The molecule has 0 radical (unpaired) electrons. The van der Waals surface area contributed by atoms with Crippen molar-refractivity contribution in [1.29, 1.82) is 0 Å². The lowest BCUT2D eigenvalue weighted by Crippen LogP contribution is -2.36. The van der Waals surface area contributed by atoms with Gasteiger partial charge in [0, 0.05) is 50.6 Å². The number of nitrogens with two attached hydrogens (primary N) is 2. The molecule has 1 aliphatic rings. The Labute approximate surface area is 266 Å². The summed E-state index contributed by atoms with van der Waals surface area (Å²) in [6.45, 7) is 15.2. The van der Waals surface area contributed by atoms with Gasteiger partial charge in [0.05, 0.1) is 22.2 Å². The molecule has 2 heterocycles. The van der Waals surface area contributed by atoms with Crippen molar-refractivity contribution in [3.63, 3.8) is 0 Å². The second kappa shape index (κ2) is 13.5. The molecule has 45 heavy (non-hydrogen) atoms. The number of rotatable bonds is 9. The summed E-state index contributed by atoms with van der Waals surface area (Å²) >= 11 is 0. The standard InChI is InChI=1S/C35H47N5O5/c1-22-9-10-24(17-25(22)19-40-15-16-43-29-13-14-38-18-26(29)20-40)30(27-11-12-28(39(8)37)31(36)23(27)2)35(6,7)33(42)45-21-44-32(41)34(3,4)5/h9-14,17-18,30H,15-16,19-21,36-37H2,1-8H3. The van der Waals surface area contributed by atoms with Crippen LogP contribution >= 0.6 is 0 Å². The van der Waals surface area contributed by atoms with E-state index in [4.69, 9.17) is 25.8 Å². The molecule has 4 N–H and O–H groups in total. The third kappa shape index (κ3) is 7.57. The van der Waals surface area contributed by atoms with E-state index in [1.165, 1.54) is 5.01 Å². The fraction of sp³-hybridized carbons (Fsp3) is 0.457. The first kappa shape index (κ1) is 33.7. The Kier molecular flexibility index (Phi) is 10.1. The van der Waals surface area contributed by atoms with Crippen molar-refractivity contribution in [2.75, 3.05) is 37.7 Å². The number of nitrogen functional groups attached to an aromatic ring is 1. The topological polar surface area (TPSA) is 133 Å². The Bertz CT molecular complexity index is 1550. The van der Waals surface area contributed by atoms with Gasteiger partial charge in [-0.25, -0.2) is 5.84 Å². The van der Waals surface area contributed by atoms with E-state index in [-0.39, 0.29) is 0 Å². The maximum atomic E-state index is 13.8. The van der Waals surface area contributed by atoms with Crippen molar-refractivity contribution < 1.29 is 23.8 Å². The number of aromatic nitrogens is 1. The van der Waals surface area contributed by atoms with Crippen LogP contribution in [0.4, 0.5) is 11.4 Å². The van der Waals surface area contributed by atoms with Crippen molar-refractivity contribution in [3.8, 4) is 5.75 Å². The Balaban J connectivity index is 1.72. The molecule has 0 saturated heterocycles. The van der Waals surface area contributed by atoms with E-state index in [1.54, 1.807) is 34.0 Å². The molecule has 0 saturated carbocycles. The monoisotopic (exact) mass is 617 g/mol. The summed E-state index contributed by atoms with van der Waals surface area (Å²) in [6.07, 6.45) is 3.60.